The minimum Gasteiger partial charge on any atom is -0.449 e. The molecule has 0 bridgehead atoms. The summed E-state index contributed by atoms with van der Waals surface area (Å²) in [4.78, 5) is 12.2. The van der Waals surface area contributed by atoms with Crippen LogP contribution in [0.3, 0.4) is 0 Å². The van der Waals surface area contributed by atoms with E-state index in [0.717, 1.165) is 28.3 Å². The summed E-state index contributed by atoms with van der Waals surface area (Å²) in [6, 6.07) is 21.6. The Labute approximate surface area is 190 Å². The van der Waals surface area contributed by atoms with Crippen LogP contribution in [0.5, 0.6) is 0 Å². The van der Waals surface area contributed by atoms with Crippen LogP contribution in [0.15, 0.2) is 66.7 Å². The Morgan fingerprint density at radius 3 is 2.30 bits per heavy atom. The molecule has 4 rings (SSSR count). The highest BCUT2D eigenvalue weighted by Crippen LogP contribution is 2.44. The number of nitriles is 1. The Morgan fingerprint density at radius 2 is 1.67 bits per heavy atom. The Hall–Kier alpha value is -3.73. The molecule has 0 aliphatic heterocycles. The van der Waals surface area contributed by atoms with Crippen LogP contribution in [0.1, 0.15) is 40.7 Å². The smallest absolute Gasteiger partial charge is 0.407 e. The largest absolute Gasteiger partial charge is 0.449 e. The normalized spacial score (nSPS) is 14.0. The molecule has 3 N–H and O–H groups in total. The van der Waals surface area contributed by atoms with Crippen LogP contribution in [-0.2, 0) is 4.74 Å². The summed E-state index contributed by atoms with van der Waals surface area (Å²) >= 11 is 0. The van der Waals surface area contributed by atoms with E-state index in [9.17, 15) is 19.4 Å². The average Bonchev–Trinajstić information content (AvgIpc) is 3.15. The number of rotatable bonds is 7. The zero-order valence-electron chi connectivity index (χ0n) is 17.7. The van der Waals surface area contributed by atoms with Gasteiger partial charge in [-0.05, 0) is 34.7 Å². The summed E-state index contributed by atoms with van der Waals surface area (Å²) in [6.07, 6.45) is -3.40. The number of aliphatic hydroxyl groups is 2. The molecule has 7 heteroatoms. The van der Waals surface area contributed by atoms with E-state index >= 15 is 0 Å². The van der Waals surface area contributed by atoms with Gasteiger partial charge in [-0.1, -0.05) is 60.7 Å². The standard InChI is InChI=1S/C26H23FN2O4/c27-23-11-5-10-20(21(23)14-28)25(31)24(30)12-13-29-26(32)33-15-22-18-8-3-1-6-16(18)17-7-2-4-9-19(17)22/h1-11,22,24-25,30-31H,12-13,15H2,(H,29,32). The molecule has 0 heterocycles. The van der Waals surface area contributed by atoms with Crippen LogP contribution in [0.4, 0.5) is 9.18 Å². The maximum Gasteiger partial charge on any atom is 0.407 e. The van der Waals surface area contributed by atoms with Crippen molar-refractivity contribution in [2.75, 3.05) is 13.2 Å². The fourth-order valence-electron chi connectivity index (χ4n) is 4.24. The van der Waals surface area contributed by atoms with Gasteiger partial charge >= 0.3 is 6.09 Å². The van der Waals surface area contributed by atoms with Gasteiger partial charge in [0.2, 0.25) is 0 Å². The lowest BCUT2D eigenvalue weighted by Gasteiger charge is -2.19. The van der Waals surface area contributed by atoms with Gasteiger partial charge in [0.15, 0.2) is 0 Å². The SMILES string of the molecule is N#Cc1c(F)cccc1C(O)C(O)CCNC(=O)OCC1c2ccccc2-c2ccccc21. The zero-order valence-corrected chi connectivity index (χ0v) is 17.7. The number of nitrogens with one attached hydrogen (secondary N) is 1. The first-order valence-electron chi connectivity index (χ1n) is 10.6. The molecule has 0 spiro atoms. The fourth-order valence-corrected chi connectivity index (χ4v) is 4.24. The van der Waals surface area contributed by atoms with Crippen molar-refractivity contribution >= 4 is 6.09 Å². The lowest BCUT2D eigenvalue weighted by Crippen LogP contribution is -2.31. The predicted octanol–water partition coefficient (Wildman–Crippen LogP) is 4.02. The van der Waals surface area contributed by atoms with Crippen molar-refractivity contribution in [2.24, 2.45) is 0 Å². The number of alkyl carbamates (subject to hydrolysis) is 1. The van der Waals surface area contributed by atoms with E-state index in [0.29, 0.717) is 0 Å². The average molecular weight is 446 g/mol. The van der Waals surface area contributed by atoms with Crippen molar-refractivity contribution < 1.29 is 24.1 Å². The van der Waals surface area contributed by atoms with Crippen LogP contribution in [0.2, 0.25) is 0 Å². The molecule has 33 heavy (non-hydrogen) atoms. The van der Waals surface area contributed by atoms with Gasteiger partial charge in [0.25, 0.3) is 0 Å². The Bertz CT molecular complexity index is 1160. The van der Waals surface area contributed by atoms with Crippen molar-refractivity contribution in [3.05, 3.63) is 94.8 Å². The number of ether oxygens (including phenoxy) is 1. The molecule has 1 aliphatic carbocycles. The van der Waals surface area contributed by atoms with Crippen molar-refractivity contribution in [3.8, 4) is 17.2 Å². The number of aliphatic hydroxyl groups excluding tert-OH is 2. The first kappa shape index (κ1) is 22.5. The van der Waals surface area contributed by atoms with E-state index in [1.807, 2.05) is 36.4 Å². The molecule has 2 atom stereocenters. The number of hydrogen-bond acceptors (Lipinski definition) is 5. The van der Waals surface area contributed by atoms with Crippen LogP contribution in [-0.4, -0.2) is 35.6 Å². The van der Waals surface area contributed by atoms with Gasteiger partial charge in [-0.3, -0.25) is 0 Å². The Balaban J connectivity index is 1.30. The molecule has 1 amide bonds. The van der Waals surface area contributed by atoms with E-state index in [-0.39, 0.29) is 36.6 Å². The molecule has 1 aliphatic rings. The van der Waals surface area contributed by atoms with Crippen molar-refractivity contribution in [3.63, 3.8) is 0 Å². The van der Waals surface area contributed by atoms with Crippen molar-refractivity contribution in [2.45, 2.75) is 24.5 Å². The van der Waals surface area contributed by atoms with E-state index in [4.69, 9.17) is 10.00 Å². The predicted molar refractivity (Wildman–Crippen MR) is 120 cm³/mol. The maximum atomic E-state index is 13.7. The van der Waals surface area contributed by atoms with E-state index in [1.165, 1.54) is 12.1 Å². The van der Waals surface area contributed by atoms with Gasteiger partial charge in [0, 0.05) is 18.0 Å². The number of amides is 1. The quantitative estimate of drug-likeness (QED) is 0.509. The van der Waals surface area contributed by atoms with Crippen LogP contribution >= 0.6 is 0 Å². The number of carbonyl (C=O) groups excluding carboxylic acids is 1. The number of carbonyl (C=O) groups is 1. The molecular weight excluding hydrogens is 423 g/mol. The second-order valence-electron chi connectivity index (χ2n) is 7.87. The maximum absolute atomic E-state index is 13.7. The monoisotopic (exact) mass is 446 g/mol. The molecule has 0 fully saturated rings. The minimum atomic E-state index is -1.46. The summed E-state index contributed by atoms with van der Waals surface area (Å²) in [7, 11) is 0. The van der Waals surface area contributed by atoms with Gasteiger partial charge < -0.3 is 20.3 Å². The molecule has 0 radical (unpaired) electrons. The second kappa shape index (κ2) is 9.82. The van der Waals surface area contributed by atoms with Gasteiger partial charge in [0.05, 0.1) is 11.7 Å². The first-order chi connectivity index (χ1) is 16.0. The number of benzene rings is 3. The highest BCUT2D eigenvalue weighted by Gasteiger charge is 2.29. The molecule has 168 valence electrons. The molecular formula is C26H23FN2O4. The van der Waals surface area contributed by atoms with Crippen LogP contribution < -0.4 is 5.32 Å². The van der Waals surface area contributed by atoms with E-state index < -0.39 is 24.1 Å². The highest BCUT2D eigenvalue weighted by molar-refractivity contribution is 5.79. The summed E-state index contributed by atoms with van der Waals surface area (Å²) in [5.74, 6) is -0.828. The molecule has 0 aromatic heterocycles. The number of halogens is 1. The summed E-state index contributed by atoms with van der Waals surface area (Å²) < 4.78 is 19.2. The van der Waals surface area contributed by atoms with Gasteiger partial charge in [-0.15, -0.1) is 0 Å². The van der Waals surface area contributed by atoms with Crippen LogP contribution in [0.25, 0.3) is 11.1 Å². The third kappa shape index (κ3) is 4.58. The molecule has 0 saturated heterocycles. The molecule has 3 aromatic carbocycles. The Kier molecular flexibility index (Phi) is 6.68. The van der Waals surface area contributed by atoms with E-state index in [2.05, 4.69) is 17.4 Å². The molecule has 3 aromatic rings. The molecule has 2 unspecified atom stereocenters. The topological polar surface area (TPSA) is 103 Å². The lowest BCUT2D eigenvalue weighted by atomic mass is 9.97. The first-order valence-corrected chi connectivity index (χ1v) is 10.6. The molecule has 6 nitrogen and oxygen atoms in total. The van der Waals surface area contributed by atoms with E-state index in [1.54, 1.807) is 6.07 Å². The fraction of sp³-hybridized carbons (Fsp3) is 0.231. The summed E-state index contributed by atoms with van der Waals surface area (Å²) in [5, 5.41) is 32.2. The van der Waals surface area contributed by atoms with Gasteiger partial charge in [-0.2, -0.15) is 5.26 Å². The molecule has 0 saturated carbocycles. The second-order valence-corrected chi connectivity index (χ2v) is 7.87. The number of fused-ring (bicyclic) bond motifs is 3. The van der Waals surface area contributed by atoms with Crippen molar-refractivity contribution in [1.82, 2.24) is 5.32 Å². The summed E-state index contributed by atoms with van der Waals surface area (Å²) in [6.45, 7) is 0.200. The van der Waals surface area contributed by atoms with Gasteiger partial charge in [0.1, 0.15) is 24.6 Å². The highest BCUT2D eigenvalue weighted by atomic mass is 19.1. The third-order valence-corrected chi connectivity index (χ3v) is 5.89. The van der Waals surface area contributed by atoms with Crippen LogP contribution in [0, 0.1) is 17.1 Å². The zero-order chi connectivity index (χ0) is 23.4. The number of hydrogen-bond donors (Lipinski definition) is 3. The third-order valence-electron chi connectivity index (χ3n) is 5.89. The van der Waals surface area contributed by atoms with Crippen molar-refractivity contribution in [1.29, 1.82) is 5.26 Å². The Morgan fingerprint density at radius 1 is 1.03 bits per heavy atom. The summed E-state index contributed by atoms with van der Waals surface area (Å²) in [5.41, 5.74) is 4.17. The van der Waals surface area contributed by atoms with Gasteiger partial charge in [-0.25, -0.2) is 9.18 Å². The number of nitrogens with zero attached hydrogens (tertiary/aromatic N) is 1. The lowest BCUT2D eigenvalue weighted by molar-refractivity contribution is 0.0133. The minimum absolute atomic E-state index is 0.00569.